The number of fused-ring (bicyclic) bond motifs is 1. The van der Waals surface area contributed by atoms with Crippen LogP contribution in [0.1, 0.15) is 10.4 Å². The summed E-state index contributed by atoms with van der Waals surface area (Å²) in [5, 5.41) is 0.841. The molecule has 26 heavy (non-hydrogen) atoms. The number of hydrogen-bond donors (Lipinski definition) is 0. The lowest BCUT2D eigenvalue weighted by Crippen LogP contribution is -2.25. The Bertz CT molecular complexity index is 1060. The van der Waals surface area contributed by atoms with Crippen molar-refractivity contribution in [2.75, 3.05) is 14.2 Å². The normalized spacial score (nSPS) is 10.8. The topological polar surface area (TPSA) is 70.4 Å². The first kappa shape index (κ1) is 18.2. The van der Waals surface area contributed by atoms with Crippen LogP contribution >= 0.6 is 23.2 Å². The van der Waals surface area contributed by atoms with Crippen LogP contribution in [0.3, 0.4) is 0 Å². The van der Waals surface area contributed by atoms with Crippen LogP contribution < -0.4 is 15.0 Å². The number of rotatable bonds is 5. The number of Topliss-reactive ketones (excluding diaryl/α,β-unsaturated/α-hetero) is 1. The third-order valence-electron chi connectivity index (χ3n) is 3.87. The van der Waals surface area contributed by atoms with Crippen LogP contribution in [0.2, 0.25) is 10.0 Å². The predicted octanol–water partition coefficient (Wildman–Crippen LogP) is 3.60. The Hall–Kier alpha value is -2.57. The van der Waals surface area contributed by atoms with Gasteiger partial charge in [-0.2, -0.15) is 0 Å². The number of benzene rings is 2. The summed E-state index contributed by atoms with van der Waals surface area (Å²) in [6, 6.07) is 7.87. The molecule has 0 unspecified atom stereocenters. The van der Waals surface area contributed by atoms with Gasteiger partial charge in [-0.15, -0.1) is 0 Å². The molecule has 0 saturated carbocycles. The summed E-state index contributed by atoms with van der Waals surface area (Å²) in [5.74, 6) is 0.581. The molecule has 0 bridgehead atoms. The Morgan fingerprint density at radius 3 is 2.62 bits per heavy atom. The number of ketones is 1. The number of aromatic nitrogens is 2. The molecule has 2 aromatic carbocycles. The summed E-state index contributed by atoms with van der Waals surface area (Å²) in [6.07, 6.45) is 1.29. The maximum absolute atomic E-state index is 12.7. The van der Waals surface area contributed by atoms with E-state index < -0.39 is 5.56 Å². The van der Waals surface area contributed by atoms with Gasteiger partial charge in [0.05, 0.1) is 48.6 Å². The maximum atomic E-state index is 12.7. The average Bonchev–Trinajstić information content (AvgIpc) is 2.63. The number of nitrogens with zero attached hydrogens (tertiary/aromatic N) is 2. The van der Waals surface area contributed by atoms with Gasteiger partial charge in [-0.05, 0) is 30.3 Å². The zero-order valence-corrected chi connectivity index (χ0v) is 15.5. The second-order valence-corrected chi connectivity index (χ2v) is 6.29. The van der Waals surface area contributed by atoms with Gasteiger partial charge in [-0.25, -0.2) is 4.98 Å². The van der Waals surface area contributed by atoms with Crippen LogP contribution in [0.4, 0.5) is 0 Å². The second-order valence-electron chi connectivity index (χ2n) is 5.45. The molecule has 0 aliphatic rings. The molecule has 0 atom stereocenters. The van der Waals surface area contributed by atoms with E-state index in [4.69, 9.17) is 32.7 Å². The van der Waals surface area contributed by atoms with E-state index in [-0.39, 0.29) is 22.7 Å². The third-order valence-corrected chi connectivity index (χ3v) is 4.37. The minimum atomic E-state index is -0.408. The van der Waals surface area contributed by atoms with E-state index in [0.717, 1.165) is 0 Å². The van der Waals surface area contributed by atoms with Crippen molar-refractivity contribution in [2.45, 2.75) is 6.54 Å². The molecular weight excluding hydrogens is 379 g/mol. The highest BCUT2D eigenvalue weighted by atomic mass is 35.5. The van der Waals surface area contributed by atoms with E-state index in [1.165, 1.54) is 37.2 Å². The first-order valence-electron chi connectivity index (χ1n) is 7.54. The molecular formula is C18H14Cl2N2O4. The summed E-state index contributed by atoms with van der Waals surface area (Å²) in [5.41, 5.74) is 0.237. The quantitative estimate of drug-likeness (QED) is 0.620. The van der Waals surface area contributed by atoms with Crippen molar-refractivity contribution in [1.29, 1.82) is 0 Å². The first-order chi connectivity index (χ1) is 12.4. The van der Waals surface area contributed by atoms with Gasteiger partial charge < -0.3 is 9.47 Å². The van der Waals surface area contributed by atoms with Crippen LogP contribution in [0.25, 0.3) is 10.9 Å². The number of hydrogen-bond acceptors (Lipinski definition) is 5. The molecule has 6 nitrogen and oxygen atoms in total. The molecule has 3 rings (SSSR count). The van der Waals surface area contributed by atoms with E-state index >= 15 is 0 Å². The van der Waals surface area contributed by atoms with E-state index in [0.29, 0.717) is 27.6 Å². The van der Waals surface area contributed by atoms with E-state index in [1.54, 1.807) is 18.2 Å². The number of methoxy groups -OCH3 is 2. The smallest absolute Gasteiger partial charge is 0.261 e. The van der Waals surface area contributed by atoms with Crippen LogP contribution in [0.5, 0.6) is 11.5 Å². The van der Waals surface area contributed by atoms with Gasteiger partial charge >= 0.3 is 0 Å². The molecule has 0 aliphatic heterocycles. The summed E-state index contributed by atoms with van der Waals surface area (Å²) < 4.78 is 11.6. The van der Waals surface area contributed by atoms with Crippen molar-refractivity contribution in [2.24, 2.45) is 0 Å². The standard InChI is InChI=1S/C18H14Cl2N2O4/c1-25-11-3-4-16(26-2)12(7-11)15(23)8-22-9-21-17-13(18(22)24)5-10(19)6-14(17)20/h3-7,9H,8H2,1-2H3. The van der Waals surface area contributed by atoms with Crippen molar-refractivity contribution >= 4 is 39.9 Å². The highest BCUT2D eigenvalue weighted by Gasteiger charge is 2.16. The largest absolute Gasteiger partial charge is 0.497 e. The SMILES string of the molecule is COc1ccc(OC)c(C(=O)Cn2cnc3c(Cl)cc(Cl)cc3c2=O)c1. The molecule has 134 valence electrons. The van der Waals surface area contributed by atoms with Gasteiger partial charge in [0.2, 0.25) is 0 Å². The number of ether oxygens (including phenoxy) is 2. The molecule has 0 aliphatic carbocycles. The predicted molar refractivity (Wildman–Crippen MR) is 99.9 cm³/mol. The van der Waals surface area contributed by atoms with Crippen molar-refractivity contribution in [3.63, 3.8) is 0 Å². The average molecular weight is 393 g/mol. The maximum Gasteiger partial charge on any atom is 0.261 e. The van der Waals surface area contributed by atoms with E-state index in [1.807, 2.05) is 0 Å². The fourth-order valence-corrected chi connectivity index (χ4v) is 3.12. The Morgan fingerprint density at radius 2 is 1.92 bits per heavy atom. The van der Waals surface area contributed by atoms with Gasteiger partial charge in [0.25, 0.3) is 5.56 Å². The Balaban J connectivity index is 2.03. The summed E-state index contributed by atoms with van der Waals surface area (Å²) >= 11 is 12.0. The minimum Gasteiger partial charge on any atom is -0.497 e. The minimum absolute atomic E-state index is 0.213. The van der Waals surface area contributed by atoms with Crippen molar-refractivity contribution in [3.05, 3.63) is 62.6 Å². The molecule has 8 heteroatoms. The van der Waals surface area contributed by atoms with E-state index in [9.17, 15) is 9.59 Å². The summed E-state index contributed by atoms with van der Waals surface area (Å²) in [4.78, 5) is 29.6. The number of carbonyl (C=O) groups is 1. The monoisotopic (exact) mass is 392 g/mol. The third kappa shape index (κ3) is 3.38. The van der Waals surface area contributed by atoms with Gasteiger partial charge in [-0.1, -0.05) is 23.2 Å². The van der Waals surface area contributed by atoms with Gasteiger partial charge in [-0.3, -0.25) is 14.2 Å². The van der Waals surface area contributed by atoms with Gasteiger partial charge in [0.1, 0.15) is 11.5 Å². The Morgan fingerprint density at radius 1 is 1.15 bits per heavy atom. The number of carbonyl (C=O) groups excluding carboxylic acids is 1. The summed E-state index contributed by atoms with van der Waals surface area (Å²) in [7, 11) is 2.97. The fourth-order valence-electron chi connectivity index (χ4n) is 2.58. The number of halogens is 2. The molecule has 1 heterocycles. The lowest BCUT2D eigenvalue weighted by molar-refractivity contribution is 0.0967. The van der Waals surface area contributed by atoms with Crippen LogP contribution in [-0.4, -0.2) is 29.6 Å². The first-order valence-corrected chi connectivity index (χ1v) is 8.29. The highest BCUT2D eigenvalue weighted by molar-refractivity contribution is 6.38. The zero-order valence-electron chi connectivity index (χ0n) is 14.0. The molecule has 0 N–H and O–H groups in total. The van der Waals surface area contributed by atoms with Gasteiger partial charge in [0.15, 0.2) is 5.78 Å². The molecule has 1 aromatic heterocycles. The van der Waals surface area contributed by atoms with Crippen LogP contribution in [0.15, 0.2) is 41.5 Å². The Kier molecular flexibility index (Phi) is 5.15. The molecule has 0 spiro atoms. The fraction of sp³-hybridized carbons (Fsp3) is 0.167. The lowest BCUT2D eigenvalue weighted by Gasteiger charge is -2.11. The highest BCUT2D eigenvalue weighted by Crippen LogP contribution is 2.26. The molecule has 0 radical (unpaired) electrons. The second kappa shape index (κ2) is 7.35. The molecule has 3 aromatic rings. The summed E-state index contributed by atoms with van der Waals surface area (Å²) in [6.45, 7) is -0.213. The molecule has 0 saturated heterocycles. The van der Waals surface area contributed by atoms with Crippen LogP contribution in [0, 0.1) is 0 Å². The van der Waals surface area contributed by atoms with Gasteiger partial charge in [0, 0.05) is 5.02 Å². The van der Waals surface area contributed by atoms with Crippen molar-refractivity contribution in [1.82, 2.24) is 9.55 Å². The molecule has 0 fully saturated rings. The zero-order chi connectivity index (χ0) is 18.8. The molecule has 0 amide bonds. The van der Waals surface area contributed by atoms with E-state index in [2.05, 4.69) is 4.98 Å². The lowest BCUT2D eigenvalue weighted by atomic mass is 10.1. The van der Waals surface area contributed by atoms with Crippen LogP contribution in [-0.2, 0) is 6.54 Å². The van der Waals surface area contributed by atoms with Crippen molar-refractivity contribution in [3.8, 4) is 11.5 Å². The Labute approximate surface area is 158 Å². The van der Waals surface area contributed by atoms with Crippen molar-refractivity contribution < 1.29 is 14.3 Å².